The van der Waals surface area contributed by atoms with Gasteiger partial charge in [0.15, 0.2) is 12.4 Å². The van der Waals surface area contributed by atoms with Crippen molar-refractivity contribution in [2.75, 3.05) is 13.2 Å². The van der Waals surface area contributed by atoms with E-state index in [0.29, 0.717) is 13.0 Å². The summed E-state index contributed by atoms with van der Waals surface area (Å²) < 4.78 is 26.4. The number of unbranched alkanes of at least 4 members (excludes halogenated alkanes) is 8. The second-order valence-corrected chi connectivity index (χ2v) is 15.1. The minimum Gasteiger partial charge on any atom is -0.457 e. The molecule has 1 saturated heterocycles. The first-order valence-electron chi connectivity index (χ1n) is 17.5. The monoisotopic (exact) mass is 760 g/mol. The number of hydrogen-bond donors (Lipinski definition) is 3. The summed E-state index contributed by atoms with van der Waals surface area (Å²) in [6.45, 7) is 2.03. The van der Waals surface area contributed by atoms with Crippen molar-refractivity contribution in [3.63, 3.8) is 0 Å². The minimum absolute atomic E-state index is 0.108. The molecule has 10 nitrogen and oxygen atoms in total. The third-order valence-corrected chi connectivity index (χ3v) is 8.69. The van der Waals surface area contributed by atoms with E-state index in [1.807, 2.05) is 60.7 Å². The predicted molar refractivity (Wildman–Crippen MR) is 193 cm³/mol. The molecule has 3 rings (SSSR count). The standard InChI is InChI=1S/C37H52Cl3NO9/c1-2-3-4-5-6-7-8-9-16-21-29(47-24-28-19-14-11-15-20-28)22-31(42)50-34-32(41-36(45)48-26-37(38,39)40)35(44)49-30(33(34)43)25-46-23-27-17-12-10-13-18-27/h10-15,17-20,29-30,32-35,43-44H,2-9,16,21-26H2,1H3,(H,41,45)/t29-,30-,32-,33-,34-,35?/m1/s1/i35+1. The van der Waals surface area contributed by atoms with Crippen LogP contribution in [0, 0.1) is 0 Å². The van der Waals surface area contributed by atoms with Gasteiger partial charge in [0.05, 0.1) is 32.3 Å². The van der Waals surface area contributed by atoms with Gasteiger partial charge in [0.25, 0.3) is 0 Å². The predicted octanol–water partition coefficient (Wildman–Crippen LogP) is 7.55. The molecule has 0 bridgehead atoms. The van der Waals surface area contributed by atoms with Crippen LogP contribution < -0.4 is 5.32 Å². The second-order valence-electron chi connectivity index (χ2n) is 12.6. The van der Waals surface area contributed by atoms with Crippen molar-refractivity contribution in [3.05, 3.63) is 71.8 Å². The summed E-state index contributed by atoms with van der Waals surface area (Å²) in [4.78, 5) is 26.0. The molecule has 0 aliphatic carbocycles. The molecular weight excluding hydrogens is 710 g/mol. The summed E-state index contributed by atoms with van der Waals surface area (Å²) in [6.07, 6.45) is 3.75. The van der Waals surface area contributed by atoms with Crippen molar-refractivity contribution in [1.82, 2.24) is 5.32 Å². The Kier molecular flexibility index (Phi) is 19.8. The fourth-order valence-electron chi connectivity index (χ4n) is 5.66. The minimum atomic E-state index is -1.88. The highest BCUT2D eigenvalue weighted by molar-refractivity contribution is 6.67. The first-order chi connectivity index (χ1) is 24.1. The Bertz CT molecular complexity index is 1220. The Morgan fingerprint density at radius 2 is 1.44 bits per heavy atom. The van der Waals surface area contributed by atoms with Crippen molar-refractivity contribution in [2.24, 2.45) is 0 Å². The summed E-state index contributed by atoms with van der Waals surface area (Å²) >= 11 is 17.1. The molecule has 0 aromatic heterocycles. The van der Waals surface area contributed by atoms with E-state index < -0.39 is 59.2 Å². The van der Waals surface area contributed by atoms with Crippen LogP contribution in [0.2, 0.25) is 0 Å². The van der Waals surface area contributed by atoms with Gasteiger partial charge in [-0.1, -0.05) is 160 Å². The van der Waals surface area contributed by atoms with Gasteiger partial charge in [0, 0.05) is 0 Å². The fraction of sp³-hybridized carbons (Fsp3) is 0.622. The number of halogens is 3. The first-order valence-corrected chi connectivity index (χ1v) is 18.7. The quantitative estimate of drug-likeness (QED) is 0.0482. The van der Waals surface area contributed by atoms with Crippen molar-refractivity contribution >= 4 is 46.9 Å². The van der Waals surface area contributed by atoms with Crippen LogP contribution >= 0.6 is 34.8 Å². The van der Waals surface area contributed by atoms with Crippen LogP contribution in [-0.4, -0.2) is 76.0 Å². The summed E-state index contributed by atoms with van der Waals surface area (Å²) in [5.41, 5.74) is 1.86. The van der Waals surface area contributed by atoms with E-state index in [-0.39, 0.29) is 19.6 Å². The molecule has 0 radical (unpaired) electrons. The third kappa shape index (κ3) is 16.9. The highest BCUT2D eigenvalue weighted by Gasteiger charge is 2.48. The molecule has 50 heavy (non-hydrogen) atoms. The van der Waals surface area contributed by atoms with Gasteiger partial charge in [-0.2, -0.15) is 0 Å². The fourth-order valence-corrected chi connectivity index (χ4v) is 5.82. The van der Waals surface area contributed by atoms with Gasteiger partial charge in [0.2, 0.25) is 3.79 Å². The largest absolute Gasteiger partial charge is 0.457 e. The molecule has 1 fully saturated rings. The Morgan fingerprint density at radius 3 is 2.04 bits per heavy atom. The van der Waals surface area contributed by atoms with E-state index in [1.54, 1.807) is 0 Å². The molecule has 280 valence electrons. The summed E-state index contributed by atoms with van der Waals surface area (Å²) in [7, 11) is 0. The van der Waals surface area contributed by atoms with E-state index in [9.17, 15) is 19.8 Å². The Labute approximate surface area is 311 Å². The normalized spacial score (nSPS) is 21.4. The molecule has 0 saturated carbocycles. The van der Waals surface area contributed by atoms with E-state index in [0.717, 1.165) is 30.4 Å². The highest BCUT2D eigenvalue weighted by Crippen LogP contribution is 2.27. The average molecular weight is 762 g/mol. The van der Waals surface area contributed by atoms with Gasteiger partial charge < -0.3 is 39.2 Å². The lowest BCUT2D eigenvalue weighted by Crippen LogP contribution is -2.65. The lowest BCUT2D eigenvalue weighted by Gasteiger charge is -2.42. The number of nitrogens with one attached hydrogen (secondary N) is 1. The van der Waals surface area contributed by atoms with Gasteiger partial charge in [-0.05, 0) is 17.5 Å². The van der Waals surface area contributed by atoms with Crippen LogP contribution in [0.3, 0.4) is 0 Å². The van der Waals surface area contributed by atoms with E-state index in [4.69, 9.17) is 58.5 Å². The zero-order chi connectivity index (χ0) is 36.2. The zero-order valence-electron chi connectivity index (χ0n) is 28.7. The third-order valence-electron chi connectivity index (χ3n) is 8.36. The van der Waals surface area contributed by atoms with Crippen LogP contribution in [0.15, 0.2) is 60.7 Å². The maximum absolute atomic E-state index is 13.5. The van der Waals surface area contributed by atoms with E-state index in [1.165, 1.54) is 38.5 Å². The van der Waals surface area contributed by atoms with Crippen molar-refractivity contribution in [2.45, 2.75) is 131 Å². The number of aliphatic hydroxyl groups is 2. The number of amides is 1. The number of alkyl carbamates (subject to hydrolysis) is 1. The highest BCUT2D eigenvalue weighted by atomic mass is 35.6. The van der Waals surface area contributed by atoms with Crippen LogP contribution in [0.1, 0.15) is 88.7 Å². The zero-order valence-corrected chi connectivity index (χ0v) is 31.0. The van der Waals surface area contributed by atoms with Gasteiger partial charge in [-0.25, -0.2) is 4.79 Å². The van der Waals surface area contributed by atoms with Crippen molar-refractivity contribution in [3.8, 4) is 0 Å². The second kappa shape index (κ2) is 23.4. The number of rotatable bonds is 22. The van der Waals surface area contributed by atoms with E-state index >= 15 is 0 Å². The molecule has 1 aliphatic heterocycles. The Balaban J connectivity index is 1.64. The molecular formula is C37H52Cl3NO9. The van der Waals surface area contributed by atoms with Crippen LogP contribution in [0.5, 0.6) is 0 Å². The number of aliphatic hydroxyl groups excluding tert-OH is 2. The van der Waals surface area contributed by atoms with Crippen molar-refractivity contribution in [1.29, 1.82) is 0 Å². The topological polar surface area (TPSA) is 133 Å². The molecule has 13 heteroatoms. The smallest absolute Gasteiger partial charge is 0.407 e. The number of carbonyl (C=O) groups excluding carboxylic acids is 2. The maximum Gasteiger partial charge on any atom is 0.407 e. The average Bonchev–Trinajstić information content (AvgIpc) is 3.09. The van der Waals surface area contributed by atoms with Crippen LogP contribution in [0.4, 0.5) is 4.79 Å². The van der Waals surface area contributed by atoms with Gasteiger partial charge >= 0.3 is 12.1 Å². The molecule has 2 aromatic rings. The number of hydrogen-bond acceptors (Lipinski definition) is 9. The number of benzene rings is 2. The molecule has 1 heterocycles. The van der Waals surface area contributed by atoms with Gasteiger partial charge in [-0.3, -0.25) is 4.79 Å². The van der Waals surface area contributed by atoms with E-state index in [2.05, 4.69) is 12.2 Å². The van der Waals surface area contributed by atoms with Crippen molar-refractivity contribution < 1.29 is 43.5 Å². The molecule has 0 spiro atoms. The molecule has 1 unspecified atom stereocenters. The summed E-state index contributed by atoms with van der Waals surface area (Å²) in [5.74, 6) is -0.678. The molecule has 3 N–H and O–H groups in total. The summed E-state index contributed by atoms with van der Waals surface area (Å²) in [5, 5.41) is 24.6. The van der Waals surface area contributed by atoms with Crippen LogP contribution in [0.25, 0.3) is 0 Å². The number of ether oxygens (including phenoxy) is 5. The van der Waals surface area contributed by atoms with Crippen LogP contribution in [-0.2, 0) is 41.7 Å². The first kappa shape index (κ1) is 42.3. The molecule has 6 atom stereocenters. The maximum atomic E-state index is 13.5. The number of alkyl halides is 3. The summed E-state index contributed by atoms with van der Waals surface area (Å²) in [6, 6.07) is 17.6. The lowest BCUT2D eigenvalue weighted by atomic mass is 10.0. The van der Waals surface area contributed by atoms with Gasteiger partial charge in [-0.15, -0.1) is 0 Å². The lowest BCUT2D eigenvalue weighted by molar-refractivity contribution is -0.261. The molecule has 1 amide bonds. The number of carbonyl (C=O) groups is 2. The SMILES string of the molecule is CCCCCCCCCCC[C@H](CC(=O)O[C@H]1[C@H](O)[C@@H](COCc2ccccc2)O[13CH](O)[C@@H]1NC(=O)OCC(Cl)(Cl)Cl)OCc1ccccc1. The Hall–Kier alpha value is -2.15. The number of esters is 1. The molecule has 2 aromatic carbocycles. The molecule has 1 aliphatic rings. The Morgan fingerprint density at radius 1 is 0.860 bits per heavy atom. The van der Waals surface area contributed by atoms with Gasteiger partial charge in [0.1, 0.15) is 24.9 Å².